The Hall–Kier alpha value is -1.54. The molecule has 0 aliphatic rings. The molecule has 0 radical (unpaired) electrons. The third-order valence-electron chi connectivity index (χ3n) is 3.88. The number of para-hydroxylation sites is 1. The summed E-state index contributed by atoms with van der Waals surface area (Å²) in [6, 6.07) is 8.55. The van der Waals surface area contributed by atoms with Gasteiger partial charge in [0.1, 0.15) is 5.82 Å². The molecule has 0 unspecified atom stereocenters. The third-order valence-corrected chi connectivity index (χ3v) is 4.07. The summed E-state index contributed by atoms with van der Waals surface area (Å²) in [6.45, 7) is 4.28. The molecule has 3 aromatic rings. The van der Waals surface area contributed by atoms with Crippen LogP contribution in [-0.4, -0.2) is 15.3 Å². The van der Waals surface area contributed by atoms with Crippen LogP contribution in [0.25, 0.3) is 16.4 Å². The highest BCUT2D eigenvalue weighted by atomic mass is 35.5. The number of nitrogens with zero attached hydrogens (tertiary/aromatic N) is 2. The quantitative estimate of drug-likeness (QED) is 0.644. The largest absolute Gasteiger partial charge is 0.297 e. The molecule has 0 saturated carbocycles. The van der Waals surface area contributed by atoms with E-state index >= 15 is 0 Å². The molecule has 104 valence electrons. The molecular formula is C17H19ClN2. The molecule has 0 fully saturated rings. The molecule has 2 heterocycles. The van der Waals surface area contributed by atoms with E-state index in [-0.39, 0.29) is 0 Å². The van der Waals surface area contributed by atoms with Gasteiger partial charge in [0.25, 0.3) is 0 Å². The summed E-state index contributed by atoms with van der Waals surface area (Å²) in [5, 5.41) is 1.31. The van der Waals surface area contributed by atoms with E-state index in [1.54, 1.807) is 0 Å². The van der Waals surface area contributed by atoms with Gasteiger partial charge >= 0.3 is 0 Å². The summed E-state index contributed by atoms with van der Waals surface area (Å²) in [7, 11) is 0. The SMILES string of the molecule is CCCc1cnc(C)n2c1c(CCCl)c1ccccc12. The minimum atomic E-state index is 0.649. The highest BCUT2D eigenvalue weighted by Gasteiger charge is 2.15. The Labute approximate surface area is 124 Å². The van der Waals surface area contributed by atoms with Gasteiger partial charge in [0.05, 0.1) is 11.0 Å². The van der Waals surface area contributed by atoms with Gasteiger partial charge in [-0.05, 0) is 37.0 Å². The van der Waals surface area contributed by atoms with Crippen LogP contribution in [0.4, 0.5) is 0 Å². The Morgan fingerprint density at radius 2 is 2.00 bits per heavy atom. The highest BCUT2D eigenvalue weighted by Crippen LogP contribution is 2.30. The summed E-state index contributed by atoms with van der Waals surface area (Å²) in [4.78, 5) is 4.58. The lowest BCUT2D eigenvalue weighted by Crippen LogP contribution is -2.00. The van der Waals surface area contributed by atoms with Gasteiger partial charge in [-0.15, -0.1) is 11.6 Å². The molecule has 0 aliphatic heterocycles. The van der Waals surface area contributed by atoms with Crippen LogP contribution in [0.15, 0.2) is 30.5 Å². The van der Waals surface area contributed by atoms with Crippen LogP contribution in [0.5, 0.6) is 0 Å². The van der Waals surface area contributed by atoms with Crippen molar-refractivity contribution in [1.29, 1.82) is 0 Å². The van der Waals surface area contributed by atoms with Crippen molar-refractivity contribution in [3.63, 3.8) is 0 Å². The fourth-order valence-corrected chi connectivity index (χ4v) is 3.26. The number of fused-ring (bicyclic) bond motifs is 3. The van der Waals surface area contributed by atoms with Gasteiger partial charge in [-0.1, -0.05) is 31.5 Å². The van der Waals surface area contributed by atoms with Gasteiger partial charge in [0.2, 0.25) is 0 Å². The Bertz CT molecular complexity index is 758. The first kappa shape index (κ1) is 13.4. The number of rotatable bonds is 4. The first-order valence-electron chi connectivity index (χ1n) is 7.20. The van der Waals surface area contributed by atoms with Gasteiger partial charge in [0.15, 0.2) is 0 Å². The Balaban J connectivity index is 2.48. The summed E-state index contributed by atoms with van der Waals surface area (Å²) >= 11 is 6.04. The maximum Gasteiger partial charge on any atom is 0.110 e. The predicted molar refractivity (Wildman–Crippen MR) is 85.9 cm³/mol. The smallest absolute Gasteiger partial charge is 0.110 e. The third kappa shape index (κ3) is 1.99. The van der Waals surface area contributed by atoms with E-state index in [0.717, 1.165) is 25.1 Å². The van der Waals surface area contributed by atoms with Crippen molar-refractivity contribution in [1.82, 2.24) is 9.38 Å². The molecule has 3 heteroatoms. The lowest BCUT2D eigenvalue weighted by molar-refractivity contribution is 0.892. The molecule has 0 amide bonds. The molecule has 0 aliphatic carbocycles. The molecule has 0 bridgehead atoms. The van der Waals surface area contributed by atoms with Gasteiger partial charge < -0.3 is 0 Å². The first-order chi connectivity index (χ1) is 9.77. The van der Waals surface area contributed by atoms with Crippen LogP contribution in [-0.2, 0) is 12.8 Å². The standard InChI is InChI=1S/C17H19ClN2/c1-3-6-13-11-19-12(2)20-16-8-5-4-7-14(16)15(9-10-18)17(13)20/h4-5,7-8,11H,3,6,9-10H2,1-2H3. The van der Waals surface area contributed by atoms with Crippen molar-refractivity contribution in [2.45, 2.75) is 33.1 Å². The van der Waals surface area contributed by atoms with E-state index in [0.29, 0.717) is 5.88 Å². The van der Waals surface area contributed by atoms with E-state index < -0.39 is 0 Å². The maximum atomic E-state index is 6.04. The number of hydrogen-bond donors (Lipinski definition) is 0. The van der Waals surface area contributed by atoms with Crippen molar-refractivity contribution >= 4 is 28.0 Å². The van der Waals surface area contributed by atoms with Crippen LogP contribution < -0.4 is 0 Å². The molecule has 2 nitrogen and oxygen atoms in total. The Morgan fingerprint density at radius 1 is 1.20 bits per heavy atom. The summed E-state index contributed by atoms with van der Waals surface area (Å²) in [5.74, 6) is 1.69. The molecule has 0 spiro atoms. The van der Waals surface area contributed by atoms with Crippen LogP contribution in [0.1, 0.15) is 30.3 Å². The van der Waals surface area contributed by atoms with Crippen LogP contribution in [0.3, 0.4) is 0 Å². The second-order valence-corrected chi connectivity index (χ2v) is 5.58. The first-order valence-corrected chi connectivity index (χ1v) is 7.73. The topological polar surface area (TPSA) is 17.3 Å². The normalized spacial score (nSPS) is 11.6. The minimum Gasteiger partial charge on any atom is -0.297 e. The molecule has 20 heavy (non-hydrogen) atoms. The maximum absolute atomic E-state index is 6.04. The zero-order chi connectivity index (χ0) is 14.1. The molecule has 0 atom stereocenters. The fourth-order valence-electron chi connectivity index (χ4n) is 3.07. The van der Waals surface area contributed by atoms with E-state index in [1.165, 1.54) is 27.5 Å². The van der Waals surface area contributed by atoms with Crippen molar-refractivity contribution in [3.8, 4) is 0 Å². The van der Waals surface area contributed by atoms with E-state index in [9.17, 15) is 0 Å². The van der Waals surface area contributed by atoms with Crippen LogP contribution >= 0.6 is 11.6 Å². The summed E-state index contributed by atoms with van der Waals surface area (Å²) in [5.41, 5.74) is 5.26. The Morgan fingerprint density at radius 3 is 2.75 bits per heavy atom. The number of aryl methyl sites for hydroxylation is 3. The van der Waals surface area contributed by atoms with Crippen molar-refractivity contribution < 1.29 is 0 Å². The van der Waals surface area contributed by atoms with Gasteiger partial charge in [0, 0.05) is 17.5 Å². The summed E-state index contributed by atoms with van der Waals surface area (Å²) in [6.07, 6.45) is 5.12. The molecule has 0 saturated heterocycles. The van der Waals surface area contributed by atoms with Crippen molar-refractivity contribution in [3.05, 3.63) is 47.4 Å². The lowest BCUT2D eigenvalue weighted by Gasteiger charge is -2.08. The number of halogens is 1. The second-order valence-electron chi connectivity index (χ2n) is 5.20. The van der Waals surface area contributed by atoms with Gasteiger partial charge in [-0.25, -0.2) is 4.98 Å². The van der Waals surface area contributed by atoms with Crippen LogP contribution in [0.2, 0.25) is 0 Å². The van der Waals surface area contributed by atoms with Gasteiger partial charge in [-0.3, -0.25) is 4.40 Å². The average Bonchev–Trinajstić information content (AvgIpc) is 2.79. The number of hydrogen-bond acceptors (Lipinski definition) is 1. The monoisotopic (exact) mass is 286 g/mol. The number of benzene rings is 1. The minimum absolute atomic E-state index is 0.649. The van der Waals surface area contributed by atoms with E-state index in [4.69, 9.17) is 11.6 Å². The van der Waals surface area contributed by atoms with Crippen LogP contribution in [0, 0.1) is 6.92 Å². The van der Waals surface area contributed by atoms with E-state index in [1.807, 2.05) is 6.20 Å². The second kappa shape index (κ2) is 5.45. The Kier molecular flexibility index (Phi) is 3.66. The molecule has 1 aromatic carbocycles. The van der Waals surface area contributed by atoms with Crippen molar-refractivity contribution in [2.75, 3.05) is 5.88 Å². The average molecular weight is 287 g/mol. The molecular weight excluding hydrogens is 268 g/mol. The molecule has 0 N–H and O–H groups in total. The predicted octanol–water partition coefficient (Wildman–Crippen LogP) is 4.53. The fraction of sp³-hybridized carbons (Fsp3) is 0.353. The zero-order valence-electron chi connectivity index (χ0n) is 12.0. The molecule has 3 rings (SSSR count). The highest BCUT2D eigenvalue weighted by molar-refractivity contribution is 6.18. The van der Waals surface area contributed by atoms with Crippen molar-refractivity contribution in [2.24, 2.45) is 0 Å². The summed E-state index contributed by atoms with van der Waals surface area (Å²) < 4.78 is 2.29. The van der Waals surface area contributed by atoms with Gasteiger partial charge in [-0.2, -0.15) is 0 Å². The number of alkyl halides is 1. The molecule has 2 aromatic heterocycles. The van der Waals surface area contributed by atoms with E-state index in [2.05, 4.69) is 47.5 Å². The lowest BCUT2D eigenvalue weighted by atomic mass is 10.1. The number of aromatic nitrogens is 2. The zero-order valence-corrected chi connectivity index (χ0v) is 12.7.